The Morgan fingerprint density at radius 3 is 0.829 bits per heavy atom. The van der Waals surface area contributed by atoms with E-state index >= 15 is 0 Å². The predicted molar refractivity (Wildman–Crippen MR) is 515 cm³/mol. The summed E-state index contributed by atoms with van der Waals surface area (Å²) in [5.74, 6) is 0.479. The van der Waals surface area contributed by atoms with Crippen LogP contribution in [0.15, 0.2) is 179 Å². The zero-order chi connectivity index (χ0) is 91.7. The molecule has 698 valence electrons. The Labute approximate surface area is 823 Å². The first-order valence-corrected chi connectivity index (χ1v) is 44.5. The van der Waals surface area contributed by atoms with Crippen LogP contribution >= 0.6 is 22.7 Å². The molecule has 8 aromatic heterocycles. The van der Waals surface area contributed by atoms with Gasteiger partial charge in [0.05, 0.1) is 82.8 Å². The number of para-hydroxylation sites is 2. The number of hydrogen-bond donors (Lipinski definition) is 8. The molecule has 0 aliphatic carbocycles. The summed E-state index contributed by atoms with van der Waals surface area (Å²) >= 11 is 3.61. The molecule has 8 unspecified atom stereocenters. The maximum Gasteiger partial charge on any atom is 0.120 e. The van der Waals surface area contributed by atoms with E-state index in [4.69, 9.17) is 24.2 Å². The van der Waals surface area contributed by atoms with E-state index in [0.29, 0.717) is 25.7 Å². The second kappa shape index (κ2) is 50.5. The fourth-order valence-corrected chi connectivity index (χ4v) is 15.7. The number of hydrogen-bond acceptors (Lipinski definition) is 20. The number of benzene rings is 8. The van der Waals surface area contributed by atoms with E-state index in [1.807, 2.05) is 206 Å². The van der Waals surface area contributed by atoms with Gasteiger partial charge in [-0.25, -0.2) is 0 Å². The van der Waals surface area contributed by atoms with Gasteiger partial charge in [-0.2, -0.15) is 22.7 Å². The fourth-order valence-electron chi connectivity index (χ4n) is 13.6. The average Bonchev–Trinajstić information content (AvgIpc) is 1.64. The van der Waals surface area contributed by atoms with Crippen LogP contribution in [-0.2, 0) is 80.4 Å². The zero-order valence-electron chi connectivity index (χ0n) is 78.4. The van der Waals surface area contributed by atoms with E-state index in [1.54, 1.807) is 55.8 Å². The summed E-state index contributed by atoms with van der Waals surface area (Å²) in [6, 6.07) is 62.7. The molecule has 0 amide bonds. The van der Waals surface area contributed by atoms with Crippen molar-refractivity contribution < 1.29 is 130 Å². The van der Waals surface area contributed by atoms with Crippen molar-refractivity contribution in [3.63, 3.8) is 0 Å². The number of aromatic nitrogens is 8. The van der Waals surface area contributed by atoms with Crippen molar-refractivity contribution in [3.05, 3.63) is 240 Å². The van der Waals surface area contributed by atoms with Gasteiger partial charge in [0, 0.05) is 177 Å². The largest absolute Gasteiger partial charge is 0.500 e. The molecule has 0 aliphatic rings. The van der Waals surface area contributed by atoms with E-state index in [2.05, 4.69) is 161 Å². The molecule has 16 aromatic rings. The Kier molecular flexibility index (Phi) is 43.8. The Morgan fingerprint density at radius 2 is 0.566 bits per heavy atom. The smallest absolute Gasteiger partial charge is 0.120 e. The summed E-state index contributed by atoms with van der Waals surface area (Å²) in [6.45, 7) is 46.3. The van der Waals surface area contributed by atoms with Crippen LogP contribution in [0.2, 0.25) is 0 Å². The summed E-state index contributed by atoms with van der Waals surface area (Å²) in [5, 5.41) is 83.3. The molecule has 8 N–H and O–H groups in total. The normalized spacial score (nSPS) is 13.2. The molecule has 0 saturated carbocycles. The van der Waals surface area contributed by atoms with Gasteiger partial charge >= 0.3 is 0 Å². The summed E-state index contributed by atoms with van der Waals surface area (Å²) < 4.78 is 16.8. The first-order valence-electron chi connectivity index (χ1n) is 42.8. The van der Waals surface area contributed by atoms with E-state index in [0.717, 1.165) is 134 Å². The third kappa shape index (κ3) is 31.8. The minimum absolute atomic E-state index is 0. The number of aliphatic hydroxyl groups excluding tert-OH is 8. The number of nitrogens with zero attached hydrogens (tertiary/aromatic N) is 8. The maximum absolute atomic E-state index is 9.76. The van der Waals surface area contributed by atoms with Crippen molar-refractivity contribution in [3.8, 4) is 45.0 Å². The summed E-state index contributed by atoms with van der Waals surface area (Å²) in [5.41, 5.74) is 18.0. The van der Waals surface area contributed by atoms with Gasteiger partial charge in [0.15, 0.2) is 0 Å². The van der Waals surface area contributed by atoms with Gasteiger partial charge in [-0.3, -0.25) is 19.9 Å². The van der Waals surface area contributed by atoms with Crippen LogP contribution < -0.4 is 0 Å². The second-order valence-electron chi connectivity index (χ2n) is 36.4. The Morgan fingerprint density at radius 1 is 0.302 bits per heavy atom. The Balaban J connectivity index is 0.000000266. The number of aliphatic hydroxyl groups is 8. The van der Waals surface area contributed by atoms with Gasteiger partial charge in [0.2, 0.25) is 0 Å². The molecule has 0 fully saturated rings. The monoisotopic (exact) mass is 2490 g/mol. The van der Waals surface area contributed by atoms with Crippen LogP contribution in [0, 0.1) is 108 Å². The van der Waals surface area contributed by atoms with Crippen LogP contribution in [0.1, 0.15) is 182 Å². The molecule has 8 aromatic carbocycles. The van der Waals surface area contributed by atoms with Gasteiger partial charge in [0.1, 0.15) is 11.2 Å². The van der Waals surface area contributed by atoms with Gasteiger partial charge in [0.25, 0.3) is 0 Å². The van der Waals surface area contributed by atoms with E-state index < -0.39 is 24.4 Å². The maximum atomic E-state index is 9.76. The summed E-state index contributed by atoms with van der Waals surface area (Å²) in [4.78, 5) is 36.0. The molecule has 16 rings (SSSR count). The molecule has 8 atom stereocenters. The third-order valence-electron chi connectivity index (χ3n) is 21.2. The molecule has 0 saturated heterocycles. The number of aryl methyl sites for hydroxylation is 8. The summed E-state index contributed by atoms with van der Waals surface area (Å²) in [6.07, 6.45) is 5.89. The molecule has 4 radical (unpaired) electrons. The number of rotatable bonds is 14. The number of thiophene rings is 2. The Hall–Kier alpha value is -7.60. The fraction of sp³-hybridized carbons (Fsp3) is 0.390. The van der Waals surface area contributed by atoms with Crippen molar-refractivity contribution in [1.29, 1.82) is 0 Å². The van der Waals surface area contributed by atoms with Crippen molar-refractivity contribution in [2.45, 2.75) is 241 Å². The average molecular weight is 2490 g/mol. The first-order chi connectivity index (χ1) is 58.8. The molecular weight excluding hydrogens is 2370 g/mol. The van der Waals surface area contributed by atoms with Gasteiger partial charge < -0.3 is 69.6 Å². The molecular formula is C105H126Ir4N8O10S2-4. The molecule has 18 nitrogen and oxygen atoms in total. The van der Waals surface area contributed by atoms with Gasteiger partial charge in [-0.1, -0.05) is 184 Å². The van der Waals surface area contributed by atoms with E-state index in [1.165, 1.54) is 40.3 Å². The third-order valence-corrected chi connectivity index (χ3v) is 23.5. The molecule has 129 heavy (non-hydrogen) atoms. The first kappa shape index (κ1) is 112. The summed E-state index contributed by atoms with van der Waals surface area (Å²) in [7, 11) is 0. The standard InChI is InChI=1S/2C18H13N2O.2C18H13N2S.C11H24O2.C9H20O2.C8H18O2.C5H12O2.4Ir/c4*1-11-10-19-18(12(2)20-11)13-7-8-17-15(9-13)14-5-3-4-6-16(14)21-17;1-10(2,3)8(12)7-9(13)11(4,5)6;1-6(2)8(10)5-9(11)7(3)4;1-6(9)5-7(10)8(2,3)4;1-4(6)3-5(2)7;;;;/h4*3-6,8-10H,1-2H3;8-9,12-13H,7H2,1-6H3;6-11H,5H2,1-4H3;6-7,9-10H,5H2,1-4H3;4-7H,3H2,1-2H3;;;;/q4*-1;;;;;;;;. The van der Waals surface area contributed by atoms with Crippen LogP contribution in [0.3, 0.4) is 0 Å². The van der Waals surface area contributed by atoms with Crippen LogP contribution in [0.4, 0.5) is 0 Å². The van der Waals surface area contributed by atoms with Crippen LogP contribution in [0.5, 0.6) is 0 Å². The van der Waals surface area contributed by atoms with Crippen molar-refractivity contribution in [1.82, 2.24) is 39.9 Å². The van der Waals surface area contributed by atoms with Gasteiger partial charge in [-0.15, -0.1) is 95.1 Å². The molecule has 8 heterocycles. The minimum atomic E-state index is -0.443. The van der Waals surface area contributed by atoms with E-state index in [-0.39, 0.29) is 133 Å². The molecule has 0 bridgehead atoms. The van der Waals surface area contributed by atoms with Crippen molar-refractivity contribution >= 4 is 107 Å². The van der Waals surface area contributed by atoms with Crippen molar-refractivity contribution in [2.75, 3.05) is 0 Å². The van der Waals surface area contributed by atoms with Crippen LogP contribution in [-0.4, -0.2) is 130 Å². The molecule has 0 aliphatic heterocycles. The minimum Gasteiger partial charge on any atom is -0.500 e. The van der Waals surface area contributed by atoms with Crippen molar-refractivity contribution in [2.24, 2.45) is 28.1 Å². The van der Waals surface area contributed by atoms with Gasteiger partial charge in [-0.05, 0) is 168 Å². The SMILES string of the molecule is CC(C)(C)C(O)CC(O)C(C)(C)C.CC(C)C(O)CC(O)C(C)C.CC(O)CC(C)O.CC(O)CC(O)C(C)(C)C.Cc1cnc(-c2[c-]cc3oc4ccccc4c3c2)c(C)n1.Cc1cnc(-c2[c-]cc3oc4ccccc4c3c2)c(C)n1.Cc1cnc(-c2[c-]cc3sc4ccccc4c3c2)c(C)n1.Cc1cnc(-c2[c-]cc3sc4ccccc4c3c2)c(C)n1.[Ir].[Ir].[Ir].[Ir]. The topological polar surface area (TPSA) is 291 Å². The molecule has 24 heteroatoms. The molecule has 0 spiro atoms. The predicted octanol–water partition coefficient (Wildman–Crippen LogP) is 23.7. The Bertz CT molecular complexity index is 5550. The van der Waals surface area contributed by atoms with Crippen LogP contribution in [0.25, 0.3) is 129 Å². The zero-order valence-corrected chi connectivity index (χ0v) is 89.6. The van der Waals surface area contributed by atoms with E-state index in [9.17, 15) is 25.5 Å². The number of furan rings is 2. The number of fused-ring (bicyclic) bond motifs is 12. The second-order valence-corrected chi connectivity index (χ2v) is 38.6. The quantitative estimate of drug-likeness (QED) is 0.0469.